The van der Waals surface area contributed by atoms with E-state index in [4.69, 9.17) is 4.84 Å². The van der Waals surface area contributed by atoms with Gasteiger partial charge >= 0.3 is 0 Å². The van der Waals surface area contributed by atoms with Crippen LogP contribution in [-0.4, -0.2) is 18.8 Å². The van der Waals surface area contributed by atoms with Crippen LogP contribution in [0.5, 0.6) is 0 Å². The fourth-order valence-corrected chi connectivity index (χ4v) is 1.64. The van der Waals surface area contributed by atoms with Gasteiger partial charge in [-0.05, 0) is 24.9 Å². The van der Waals surface area contributed by atoms with Crippen molar-refractivity contribution in [2.75, 3.05) is 6.54 Å². The molecule has 0 spiro atoms. The Kier molecular flexibility index (Phi) is 3.74. The first-order valence-electron chi connectivity index (χ1n) is 5.38. The summed E-state index contributed by atoms with van der Waals surface area (Å²) >= 11 is 0. The van der Waals surface area contributed by atoms with Gasteiger partial charge in [0.05, 0.1) is 6.21 Å². The third kappa shape index (κ3) is 3.36. The molecule has 0 saturated carbocycles. The highest BCUT2D eigenvalue weighted by atomic mass is 16.6. The standard InChI is InChI=1S/C12H16N2O/c1-2-5-11(6-3-1)10-15-14-9-12-7-4-8-13-12/h1-3,5-6,9,12-13H,4,7-8,10H2/b14-9+. The van der Waals surface area contributed by atoms with E-state index < -0.39 is 0 Å². The van der Waals surface area contributed by atoms with Gasteiger partial charge in [0.15, 0.2) is 0 Å². The smallest absolute Gasteiger partial charge is 0.142 e. The topological polar surface area (TPSA) is 33.6 Å². The van der Waals surface area contributed by atoms with Gasteiger partial charge in [-0.3, -0.25) is 0 Å². The molecule has 0 amide bonds. The number of rotatable bonds is 4. The van der Waals surface area contributed by atoms with Crippen LogP contribution in [0.25, 0.3) is 0 Å². The fourth-order valence-electron chi connectivity index (χ4n) is 1.64. The van der Waals surface area contributed by atoms with Crippen LogP contribution in [0.15, 0.2) is 35.5 Å². The number of benzene rings is 1. The second-order valence-corrected chi connectivity index (χ2v) is 3.72. The third-order valence-corrected chi connectivity index (χ3v) is 2.49. The monoisotopic (exact) mass is 204 g/mol. The molecule has 0 bridgehead atoms. The molecule has 1 saturated heterocycles. The molecule has 15 heavy (non-hydrogen) atoms. The molecule has 1 fully saturated rings. The van der Waals surface area contributed by atoms with Crippen molar-refractivity contribution in [3.8, 4) is 0 Å². The van der Waals surface area contributed by atoms with Crippen LogP contribution in [0, 0.1) is 0 Å². The summed E-state index contributed by atoms with van der Waals surface area (Å²) in [5, 5.41) is 7.29. The lowest BCUT2D eigenvalue weighted by molar-refractivity contribution is 0.131. The number of nitrogens with one attached hydrogen (secondary N) is 1. The number of hydrogen-bond donors (Lipinski definition) is 1. The second kappa shape index (κ2) is 5.51. The van der Waals surface area contributed by atoms with E-state index in [0.717, 1.165) is 18.5 Å². The van der Waals surface area contributed by atoms with E-state index >= 15 is 0 Å². The molecule has 0 aliphatic carbocycles. The molecule has 1 atom stereocenters. The summed E-state index contributed by atoms with van der Waals surface area (Å²) in [4.78, 5) is 5.21. The Morgan fingerprint density at radius 3 is 3.00 bits per heavy atom. The van der Waals surface area contributed by atoms with Gasteiger partial charge in [-0.2, -0.15) is 0 Å². The van der Waals surface area contributed by atoms with Crippen molar-refractivity contribution in [1.82, 2.24) is 5.32 Å². The number of hydrogen-bond acceptors (Lipinski definition) is 3. The molecule has 1 N–H and O–H groups in total. The Balaban J connectivity index is 1.70. The lowest BCUT2D eigenvalue weighted by Crippen LogP contribution is -2.22. The normalized spacial score (nSPS) is 20.9. The van der Waals surface area contributed by atoms with E-state index in [1.807, 2.05) is 36.5 Å². The van der Waals surface area contributed by atoms with Crippen LogP contribution in [0.1, 0.15) is 18.4 Å². The molecule has 0 radical (unpaired) electrons. The molecule has 1 heterocycles. The first-order valence-corrected chi connectivity index (χ1v) is 5.38. The zero-order chi connectivity index (χ0) is 10.3. The van der Waals surface area contributed by atoms with E-state index in [2.05, 4.69) is 10.5 Å². The maximum absolute atomic E-state index is 5.21. The highest BCUT2D eigenvalue weighted by molar-refractivity contribution is 5.64. The minimum Gasteiger partial charge on any atom is -0.391 e. The summed E-state index contributed by atoms with van der Waals surface area (Å²) < 4.78 is 0. The minimum absolute atomic E-state index is 0.403. The molecule has 1 aliphatic heterocycles. The van der Waals surface area contributed by atoms with Gasteiger partial charge in [-0.25, -0.2) is 0 Å². The fraction of sp³-hybridized carbons (Fsp3) is 0.417. The zero-order valence-electron chi connectivity index (χ0n) is 8.73. The van der Waals surface area contributed by atoms with Gasteiger partial charge in [0, 0.05) is 6.04 Å². The molecule has 1 aliphatic rings. The second-order valence-electron chi connectivity index (χ2n) is 3.72. The van der Waals surface area contributed by atoms with Crippen molar-refractivity contribution >= 4 is 6.21 Å². The first-order chi connectivity index (χ1) is 7.45. The first kappa shape index (κ1) is 10.2. The quantitative estimate of drug-likeness (QED) is 0.600. The van der Waals surface area contributed by atoms with Gasteiger partial charge in [-0.1, -0.05) is 35.5 Å². The Morgan fingerprint density at radius 1 is 1.40 bits per heavy atom. The lowest BCUT2D eigenvalue weighted by Gasteiger charge is -2.02. The van der Waals surface area contributed by atoms with Crippen LogP contribution >= 0.6 is 0 Å². The maximum atomic E-state index is 5.21. The molecule has 1 aromatic rings. The summed E-state index contributed by atoms with van der Waals surface area (Å²) in [7, 11) is 0. The predicted molar refractivity (Wildman–Crippen MR) is 60.7 cm³/mol. The molecule has 80 valence electrons. The lowest BCUT2D eigenvalue weighted by atomic mass is 10.2. The van der Waals surface area contributed by atoms with Crippen molar-refractivity contribution < 1.29 is 4.84 Å². The molecular formula is C12H16N2O. The molecule has 3 heteroatoms. The highest BCUT2D eigenvalue weighted by Crippen LogP contribution is 2.03. The van der Waals surface area contributed by atoms with E-state index in [1.165, 1.54) is 6.42 Å². The van der Waals surface area contributed by atoms with Gasteiger partial charge in [0.25, 0.3) is 0 Å². The van der Waals surface area contributed by atoms with Gasteiger partial charge in [0.1, 0.15) is 6.61 Å². The Hall–Kier alpha value is -1.35. The maximum Gasteiger partial charge on any atom is 0.142 e. The molecule has 0 aromatic heterocycles. The molecule has 1 unspecified atom stereocenters. The van der Waals surface area contributed by atoms with Crippen LogP contribution < -0.4 is 5.32 Å². The van der Waals surface area contributed by atoms with Crippen LogP contribution in [-0.2, 0) is 11.4 Å². The van der Waals surface area contributed by atoms with Gasteiger partial charge in [-0.15, -0.1) is 0 Å². The van der Waals surface area contributed by atoms with Crippen molar-refractivity contribution in [2.24, 2.45) is 5.16 Å². The molecule has 3 nitrogen and oxygen atoms in total. The van der Waals surface area contributed by atoms with Crippen LogP contribution in [0.3, 0.4) is 0 Å². The highest BCUT2D eigenvalue weighted by Gasteiger charge is 2.10. The van der Waals surface area contributed by atoms with E-state index in [-0.39, 0.29) is 0 Å². The summed E-state index contributed by atoms with van der Waals surface area (Å²) in [5.74, 6) is 0. The Bertz CT molecular complexity index is 305. The van der Waals surface area contributed by atoms with Gasteiger partial charge in [0.2, 0.25) is 0 Å². The Labute approximate surface area is 90.1 Å². The molecule has 2 rings (SSSR count). The average molecular weight is 204 g/mol. The summed E-state index contributed by atoms with van der Waals surface area (Å²) in [6, 6.07) is 10.5. The summed E-state index contributed by atoms with van der Waals surface area (Å²) in [6.07, 6.45) is 4.25. The SMILES string of the molecule is C(=N\OCc1ccccc1)/C1CCCN1. The molecule has 1 aromatic carbocycles. The van der Waals surface area contributed by atoms with Crippen LogP contribution in [0.2, 0.25) is 0 Å². The predicted octanol–water partition coefficient (Wildman–Crippen LogP) is 1.94. The zero-order valence-corrected chi connectivity index (χ0v) is 8.73. The largest absolute Gasteiger partial charge is 0.391 e. The number of nitrogens with zero attached hydrogens (tertiary/aromatic N) is 1. The third-order valence-electron chi connectivity index (χ3n) is 2.49. The van der Waals surface area contributed by atoms with Crippen molar-refractivity contribution in [2.45, 2.75) is 25.5 Å². The van der Waals surface area contributed by atoms with Crippen molar-refractivity contribution in [3.63, 3.8) is 0 Å². The van der Waals surface area contributed by atoms with E-state index in [9.17, 15) is 0 Å². The van der Waals surface area contributed by atoms with E-state index in [0.29, 0.717) is 12.6 Å². The van der Waals surface area contributed by atoms with Crippen molar-refractivity contribution in [1.29, 1.82) is 0 Å². The minimum atomic E-state index is 0.403. The Morgan fingerprint density at radius 2 is 2.27 bits per heavy atom. The number of oxime groups is 1. The average Bonchev–Trinajstić information content (AvgIpc) is 2.79. The van der Waals surface area contributed by atoms with Gasteiger partial charge < -0.3 is 10.2 Å². The molecular weight excluding hydrogens is 188 g/mol. The summed E-state index contributed by atoms with van der Waals surface area (Å²) in [5.41, 5.74) is 1.15. The van der Waals surface area contributed by atoms with Crippen molar-refractivity contribution in [3.05, 3.63) is 35.9 Å². The van der Waals surface area contributed by atoms with E-state index in [1.54, 1.807) is 0 Å². The van der Waals surface area contributed by atoms with Crippen LogP contribution in [0.4, 0.5) is 0 Å². The summed E-state index contributed by atoms with van der Waals surface area (Å²) in [6.45, 7) is 1.64.